The van der Waals surface area contributed by atoms with E-state index in [0.29, 0.717) is 17.5 Å². The highest BCUT2D eigenvalue weighted by atomic mass is 32.1. The van der Waals surface area contributed by atoms with E-state index < -0.39 is 0 Å². The molecule has 7 heteroatoms. The molecule has 1 atom stereocenters. The van der Waals surface area contributed by atoms with Crippen LogP contribution in [0.5, 0.6) is 0 Å². The average molecular weight is 334 g/mol. The van der Waals surface area contributed by atoms with Gasteiger partial charge < -0.3 is 10.4 Å². The van der Waals surface area contributed by atoms with Crippen LogP contribution in [-0.4, -0.2) is 34.4 Å². The summed E-state index contributed by atoms with van der Waals surface area (Å²) in [6, 6.07) is 9.71. The maximum Gasteiger partial charge on any atom is 0.240 e. The second kappa shape index (κ2) is 8.71. The van der Waals surface area contributed by atoms with Crippen LogP contribution in [-0.2, 0) is 4.79 Å². The van der Waals surface area contributed by atoms with Crippen molar-refractivity contribution in [1.82, 2.24) is 15.5 Å². The Bertz CT molecular complexity index is 616. The number of hydrogen-bond acceptors (Lipinski definition) is 6. The molecule has 1 aromatic heterocycles. The van der Waals surface area contributed by atoms with Crippen LogP contribution in [0.4, 0.5) is 5.13 Å². The predicted octanol–water partition coefficient (Wildman–Crippen LogP) is 2.31. The van der Waals surface area contributed by atoms with Crippen molar-refractivity contribution in [3.05, 3.63) is 40.9 Å². The van der Waals surface area contributed by atoms with Gasteiger partial charge in [-0.2, -0.15) is 0 Å². The third-order valence-corrected chi connectivity index (χ3v) is 4.45. The molecule has 0 aliphatic heterocycles. The van der Waals surface area contributed by atoms with Gasteiger partial charge in [-0.1, -0.05) is 55.5 Å². The number of aliphatic hydroxyl groups is 1. The number of carbonyl (C=O) groups is 1. The van der Waals surface area contributed by atoms with Crippen molar-refractivity contribution in [1.29, 1.82) is 0 Å². The zero-order chi connectivity index (χ0) is 16.7. The first-order chi connectivity index (χ1) is 11.1. The van der Waals surface area contributed by atoms with E-state index in [9.17, 15) is 9.90 Å². The van der Waals surface area contributed by atoms with Gasteiger partial charge in [0, 0.05) is 18.6 Å². The topological polar surface area (TPSA) is 87.1 Å². The predicted molar refractivity (Wildman–Crippen MR) is 91.5 cm³/mol. The summed E-state index contributed by atoms with van der Waals surface area (Å²) in [4.78, 5) is 12.0. The molecule has 0 radical (unpaired) electrons. The number of anilines is 1. The molecule has 6 nitrogen and oxygen atoms in total. The lowest BCUT2D eigenvalue weighted by atomic mass is 10.0. The molecule has 0 aliphatic carbocycles. The van der Waals surface area contributed by atoms with E-state index in [0.717, 1.165) is 10.6 Å². The molecule has 0 saturated carbocycles. The highest BCUT2D eigenvalue weighted by molar-refractivity contribution is 7.15. The molecule has 2 rings (SSSR count). The molecule has 1 aromatic carbocycles. The first kappa shape index (κ1) is 17.5. The van der Waals surface area contributed by atoms with Crippen molar-refractivity contribution >= 4 is 22.4 Å². The Morgan fingerprint density at radius 1 is 1.26 bits per heavy atom. The third-order valence-electron chi connectivity index (χ3n) is 3.31. The maximum atomic E-state index is 12.0. The second-order valence-electron chi connectivity index (χ2n) is 5.50. The molecule has 124 valence electrons. The Morgan fingerprint density at radius 2 is 2.00 bits per heavy atom. The van der Waals surface area contributed by atoms with Crippen molar-refractivity contribution in [3.8, 4) is 0 Å². The number of nitrogens with one attached hydrogen (secondary N) is 2. The smallest absolute Gasteiger partial charge is 0.240 e. The summed E-state index contributed by atoms with van der Waals surface area (Å²) >= 11 is 1.39. The monoisotopic (exact) mass is 334 g/mol. The van der Waals surface area contributed by atoms with Crippen LogP contribution in [0.2, 0.25) is 0 Å². The van der Waals surface area contributed by atoms with Crippen LogP contribution in [0.25, 0.3) is 0 Å². The Kier molecular flexibility index (Phi) is 6.64. The molecule has 0 spiro atoms. The average Bonchev–Trinajstić information content (AvgIpc) is 3.01. The standard InChI is InChI=1S/C16H22N4O2S/c1-11(2)15-19-20-16(23-15)18-14(22)10-17-13(8-9-21)12-6-4-3-5-7-12/h3-7,11,13,17,21H,8-10H2,1-2H3,(H,18,20,22). The van der Waals surface area contributed by atoms with Gasteiger partial charge in [-0.3, -0.25) is 10.1 Å². The van der Waals surface area contributed by atoms with Crippen molar-refractivity contribution in [2.45, 2.75) is 32.2 Å². The molecule has 1 unspecified atom stereocenters. The van der Waals surface area contributed by atoms with E-state index in [1.165, 1.54) is 11.3 Å². The summed E-state index contributed by atoms with van der Waals surface area (Å²) in [5.74, 6) is 0.124. The van der Waals surface area contributed by atoms with E-state index in [1.54, 1.807) is 0 Å². The highest BCUT2D eigenvalue weighted by Gasteiger charge is 2.14. The van der Waals surface area contributed by atoms with Gasteiger partial charge in [-0.05, 0) is 12.0 Å². The van der Waals surface area contributed by atoms with Crippen molar-refractivity contribution < 1.29 is 9.90 Å². The van der Waals surface area contributed by atoms with Gasteiger partial charge in [-0.25, -0.2) is 0 Å². The quantitative estimate of drug-likeness (QED) is 0.689. The minimum absolute atomic E-state index is 0.0579. The lowest BCUT2D eigenvalue weighted by Gasteiger charge is -2.17. The minimum Gasteiger partial charge on any atom is -0.396 e. The van der Waals surface area contributed by atoms with E-state index in [-0.39, 0.29) is 25.1 Å². The van der Waals surface area contributed by atoms with E-state index in [2.05, 4.69) is 20.8 Å². The molecule has 23 heavy (non-hydrogen) atoms. The van der Waals surface area contributed by atoms with Crippen LogP contribution < -0.4 is 10.6 Å². The first-order valence-electron chi connectivity index (χ1n) is 7.62. The molecule has 0 saturated heterocycles. The van der Waals surface area contributed by atoms with Gasteiger partial charge in [0.2, 0.25) is 11.0 Å². The van der Waals surface area contributed by atoms with Crippen molar-refractivity contribution in [3.63, 3.8) is 0 Å². The maximum absolute atomic E-state index is 12.0. The number of amides is 1. The number of hydrogen-bond donors (Lipinski definition) is 3. The third kappa shape index (κ3) is 5.38. The Labute approximate surface area is 140 Å². The fourth-order valence-electron chi connectivity index (χ4n) is 2.10. The molecule has 0 aliphatic rings. The van der Waals surface area contributed by atoms with Crippen molar-refractivity contribution in [2.75, 3.05) is 18.5 Å². The number of nitrogens with zero attached hydrogens (tertiary/aromatic N) is 2. The van der Waals surface area contributed by atoms with Gasteiger partial charge in [0.25, 0.3) is 0 Å². The highest BCUT2D eigenvalue weighted by Crippen LogP contribution is 2.22. The number of rotatable bonds is 8. The minimum atomic E-state index is -0.171. The molecule has 3 N–H and O–H groups in total. The Morgan fingerprint density at radius 3 is 2.61 bits per heavy atom. The Hall–Kier alpha value is -1.83. The van der Waals surface area contributed by atoms with Gasteiger partial charge in [0.05, 0.1) is 6.54 Å². The fraction of sp³-hybridized carbons (Fsp3) is 0.438. The fourth-order valence-corrected chi connectivity index (χ4v) is 2.86. The molecule has 1 amide bonds. The summed E-state index contributed by atoms with van der Waals surface area (Å²) in [6.45, 7) is 4.28. The number of aliphatic hydroxyl groups excluding tert-OH is 1. The molecule has 1 heterocycles. The Balaban J connectivity index is 1.88. The number of aromatic nitrogens is 2. The molecule has 0 bridgehead atoms. The van der Waals surface area contributed by atoms with Crippen LogP contribution in [0.15, 0.2) is 30.3 Å². The van der Waals surface area contributed by atoms with Crippen LogP contribution >= 0.6 is 11.3 Å². The molecule has 0 fully saturated rings. The number of carbonyl (C=O) groups excluding carboxylic acids is 1. The lowest BCUT2D eigenvalue weighted by molar-refractivity contribution is -0.115. The van der Waals surface area contributed by atoms with Gasteiger partial charge >= 0.3 is 0 Å². The molecular weight excluding hydrogens is 312 g/mol. The lowest BCUT2D eigenvalue weighted by Crippen LogP contribution is -2.31. The number of benzene rings is 1. The summed E-state index contributed by atoms with van der Waals surface area (Å²) in [7, 11) is 0. The molecular formula is C16H22N4O2S. The van der Waals surface area contributed by atoms with Gasteiger partial charge in [0.1, 0.15) is 5.01 Å². The first-order valence-corrected chi connectivity index (χ1v) is 8.44. The van der Waals surface area contributed by atoms with Crippen LogP contribution in [0, 0.1) is 0 Å². The largest absolute Gasteiger partial charge is 0.396 e. The van der Waals surface area contributed by atoms with Crippen molar-refractivity contribution in [2.24, 2.45) is 0 Å². The van der Waals surface area contributed by atoms with E-state index in [1.807, 2.05) is 44.2 Å². The normalized spacial score (nSPS) is 12.3. The zero-order valence-corrected chi connectivity index (χ0v) is 14.1. The van der Waals surface area contributed by atoms with Gasteiger partial charge in [-0.15, -0.1) is 10.2 Å². The summed E-state index contributed by atoms with van der Waals surface area (Å²) in [5.41, 5.74) is 1.05. The summed E-state index contributed by atoms with van der Waals surface area (Å²) in [6.07, 6.45) is 0.549. The zero-order valence-electron chi connectivity index (χ0n) is 13.3. The van der Waals surface area contributed by atoms with E-state index >= 15 is 0 Å². The molecule has 2 aromatic rings. The van der Waals surface area contributed by atoms with Crippen LogP contribution in [0.1, 0.15) is 42.8 Å². The van der Waals surface area contributed by atoms with Crippen LogP contribution in [0.3, 0.4) is 0 Å². The summed E-state index contributed by atoms with van der Waals surface area (Å²) < 4.78 is 0. The summed E-state index contributed by atoms with van der Waals surface area (Å²) in [5, 5.41) is 24.5. The SMILES string of the molecule is CC(C)c1nnc(NC(=O)CNC(CCO)c2ccccc2)s1. The van der Waals surface area contributed by atoms with Gasteiger partial charge in [0.15, 0.2) is 0 Å². The van der Waals surface area contributed by atoms with E-state index in [4.69, 9.17) is 0 Å². The second-order valence-corrected chi connectivity index (χ2v) is 6.51.